The molecule has 1 aliphatic rings. The summed E-state index contributed by atoms with van der Waals surface area (Å²) >= 11 is 0. The summed E-state index contributed by atoms with van der Waals surface area (Å²) in [6.45, 7) is 1.71. The molecule has 2 nitrogen and oxygen atoms in total. The van der Waals surface area contributed by atoms with Gasteiger partial charge in [-0.05, 0) is 41.5 Å². The number of likely N-dealkylation sites (tertiary alicyclic amines) is 1. The molecule has 0 spiro atoms. The van der Waals surface area contributed by atoms with E-state index in [9.17, 15) is 4.79 Å². The molecule has 1 unspecified atom stereocenters. The smallest absolute Gasteiger partial charge is 0.234 e. The maximum atomic E-state index is 13.8. The van der Waals surface area contributed by atoms with Crippen LogP contribution in [0.2, 0.25) is 0 Å². The Bertz CT molecular complexity index is 942. The molecule has 4 rings (SSSR count). The molecule has 0 radical (unpaired) electrons. The molecule has 0 aromatic heterocycles. The summed E-state index contributed by atoms with van der Waals surface area (Å²) in [5, 5.41) is 0. The van der Waals surface area contributed by atoms with Crippen molar-refractivity contribution in [3.63, 3.8) is 0 Å². The molecule has 1 saturated heterocycles. The molecule has 0 bridgehead atoms. The average Bonchev–Trinajstić information content (AvgIpc) is 2.81. The molecular weight excluding hydrogens is 354 g/mol. The average molecular weight is 382 g/mol. The zero-order valence-electron chi connectivity index (χ0n) is 16.7. The molecule has 1 atom stereocenters. The van der Waals surface area contributed by atoms with E-state index in [-0.39, 0.29) is 11.8 Å². The Balaban J connectivity index is 1.84. The minimum absolute atomic E-state index is 0.210. The van der Waals surface area contributed by atoms with Gasteiger partial charge in [-0.1, -0.05) is 97.1 Å². The van der Waals surface area contributed by atoms with Crippen molar-refractivity contribution < 1.29 is 4.79 Å². The van der Waals surface area contributed by atoms with Crippen LogP contribution >= 0.6 is 0 Å². The Morgan fingerprint density at radius 1 is 0.724 bits per heavy atom. The Morgan fingerprint density at radius 3 is 1.90 bits per heavy atom. The van der Waals surface area contributed by atoms with Gasteiger partial charge >= 0.3 is 0 Å². The van der Waals surface area contributed by atoms with Gasteiger partial charge < -0.3 is 4.90 Å². The topological polar surface area (TPSA) is 20.3 Å². The van der Waals surface area contributed by atoms with E-state index in [1.807, 2.05) is 54.6 Å². The molecule has 3 aromatic carbocycles. The summed E-state index contributed by atoms with van der Waals surface area (Å²) in [5.41, 5.74) is 4.31. The summed E-state index contributed by atoms with van der Waals surface area (Å²) in [6, 6.07) is 30.8. The second kappa shape index (κ2) is 9.38. The van der Waals surface area contributed by atoms with E-state index in [0.717, 1.165) is 48.2 Å². The summed E-state index contributed by atoms with van der Waals surface area (Å²) < 4.78 is 0. The zero-order chi connectivity index (χ0) is 19.9. The third kappa shape index (κ3) is 4.65. The third-order valence-electron chi connectivity index (χ3n) is 5.59. The Labute approximate surface area is 173 Å². The van der Waals surface area contributed by atoms with Gasteiger partial charge in [0.1, 0.15) is 0 Å². The molecule has 2 heteroatoms. The molecule has 1 amide bonds. The number of hydrogen-bond donors (Lipinski definition) is 0. The van der Waals surface area contributed by atoms with Crippen LogP contribution in [-0.2, 0) is 4.79 Å². The van der Waals surface area contributed by atoms with Crippen LogP contribution in [0.1, 0.15) is 41.9 Å². The number of rotatable bonds is 5. The van der Waals surface area contributed by atoms with Gasteiger partial charge in [-0.15, -0.1) is 0 Å². The normalized spacial score (nSPS) is 15.7. The van der Waals surface area contributed by atoms with Crippen molar-refractivity contribution in [1.29, 1.82) is 0 Å². The van der Waals surface area contributed by atoms with E-state index >= 15 is 0 Å². The van der Waals surface area contributed by atoms with Crippen molar-refractivity contribution in [3.05, 3.63) is 108 Å². The van der Waals surface area contributed by atoms with Crippen LogP contribution in [0.15, 0.2) is 91.0 Å². The lowest BCUT2D eigenvalue weighted by Crippen LogP contribution is -2.39. The van der Waals surface area contributed by atoms with Crippen molar-refractivity contribution in [2.45, 2.75) is 25.2 Å². The number of carbonyl (C=O) groups excluding carboxylic acids is 1. The van der Waals surface area contributed by atoms with Gasteiger partial charge in [0.2, 0.25) is 5.91 Å². The molecule has 146 valence electrons. The first-order chi connectivity index (χ1) is 14.3. The van der Waals surface area contributed by atoms with Gasteiger partial charge in [0.25, 0.3) is 0 Å². The van der Waals surface area contributed by atoms with Gasteiger partial charge in [0.05, 0.1) is 5.92 Å². The predicted octanol–water partition coefficient (Wildman–Crippen LogP) is 6.02. The predicted molar refractivity (Wildman–Crippen MR) is 120 cm³/mol. The first kappa shape index (κ1) is 19.2. The lowest BCUT2D eigenvalue weighted by molar-refractivity contribution is -0.132. The van der Waals surface area contributed by atoms with E-state index in [4.69, 9.17) is 0 Å². The maximum absolute atomic E-state index is 13.8. The number of amides is 1. The van der Waals surface area contributed by atoms with Gasteiger partial charge in [-0.25, -0.2) is 0 Å². The highest BCUT2D eigenvalue weighted by molar-refractivity contribution is 6.01. The van der Waals surface area contributed by atoms with Crippen LogP contribution in [0.4, 0.5) is 0 Å². The van der Waals surface area contributed by atoms with E-state index in [2.05, 4.69) is 47.4 Å². The standard InChI is InChI=1S/C27H27NO/c29-27(28-19-11-4-12-20-28)26(24-17-9-3-10-18-24)25(23-15-7-2-8-16-23)21-22-13-5-1-6-14-22/h1-3,5-10,13-18,21,26H,4,11-12,19-20H2/b25-21+. The molecule has 0 N–H and O–H groups in total. The lowest BCUT2D eigenvalue weighted by Gasteiger charge is -2.32. The van der Waals surface area contributed by atoms with Crippen molar-refractivity contribution in [1.82, 2.24) is 4.90 Å². The first-order valence-corrected chi connectivity index (χ1v) is 10.5. The van der Waals surface area contributed by atoms with E-state index in [1.165, 1.54) is 6.42 Å². The monoisotopic (exact) mass is 381 g/mol. The molecule has 0 saturated carbocycles. The SMILES string of the molecule is O=C(C(/C(=C/c1ccccc1)c1ccccc1)c1ccccc1)N1CCCCC1. The van der Waals surface area contributed by atoms with E-state index in [1.54, 1.807) is 0 Å². The number of nitrogens with zero attached hydrogens (tertiary/aromatic N) is 1. The van der Waals surface area contributed by atoms with Crippen LogP contribution in [0.5, 0.6) is 0 Å². The summed E-state index contributed by atoms with van der Waals surface area (Å²) in [6.07, 6.45) is 5.58. The summed E-state index contributed by atoms with van der Waals surface area (Å²) in [4.78, 5) is 15.8. The summed E-state index contributed by atoms with van der Waals surface area (Å²) in [7, 11) is 0. The molecule has 1 heterocycles. The quantitative estimate of drug-likeness (QED) is 0.495. The Hall–Kier alpha value is -3.13. The Morgan fingerprint density at radius 2 is 1.28 bits per heavy atom. The van der Waals surface area contributed by atoms with Crippen LogP contribution in [0.25, 0.3) is 11.6 Å². The number of benzene rings is 3. The molecular formula is C27H27NO. The minimum atomic E-state index is -0.308. The number of carbonyl (C=O) groups is 1. The van der Waals surface area contributed by atoms with Crippen LogP contribution in [0.3, 0.4) is 0 Å². The molecule has 29 heavy (non-hydrogen) atoms. The van der Waals surface area contributed by atoms with E-state index in [0.29, 0.717) is 0 Å². The van der Waals surface area contributed by atoms with Crippen LogP contribution in [-0.4, -0.2) is 23.9 Å². The Kier molecular flexibility index (Phi) is 6.21. The van der Waals surface area contributed by atoms with Gasteiger partial charge in [-0.3, -0.25) is 4.79 Å². The number of piperidine rings is 1. The lowest BCUT2D eigenvalue weighted by atomic mass is 9.84. The second-order valence-electron chi connectivity index (χ2n) is 7.61. The largest absolute Gasteiger partial charge is 0.342 e. The first-order valence-electron chi connectivity index (χ1n) is 10.5. The van der Waals surface area contributed by atoms with Crippen molar-refractivity contribution in [3.8, 4) is 0 Å². The molecule has 1 aliphatic heterocycles. The van der Waals surface area contributed by atoms with Crippen LogP contribution in [0, 0.1) is 0 Å². The zero-order valence-corrected chi connectivity index (χ0v) is 16.7. The van der Waals surface area contributed by atoms with Crippen LogP contribution < -0.4 is 0 Å². The van der Waals surface area contributed by atoms with Gasteiger partial charge in [0.15, 0.2) is 0 Å². The van der Waals surface area contributed by atoms with Crippen molar-refractivity contribution in [2.75, 3.05) is 13.1 Å². The minimum Gasteiger partial charge on any atom is -0.342 e. The highest BCUT2D eigenvalue weighted by Gasteiger charge is 2.30. The fraction of sp³-hybridized carbons (Fsp3) is 0.222. The van der Waals surface area contributed by atoms with E-state index < -0.39 is 0 Å². The highest BCUT2D eigenvalue weighted by atomic mass is 16.2. The molecule has 0 aliphatic carbocycles. The fourth-order valence-electron chi connectivity index (χ4n) is 4.09. The van der Waals surface area contributed by atoms with Gasteiger partial charge in [-0.2, -0.15) is 0 Å². The second-order valence-corrected chi connectivity index (χ2v) is 7.61. The van der Waals surface area contributed by atoms with Crippen molar-refractivity contribution in [2.24, 2.45) is 0 Å². The molecule has 3 aromatic rings. The third-order valence-corrected chi connectivity index (χ3v) is 5.59. The summed E-state index contributed by atoms with van der Waals surface area (Å²) in [5.74, 6) is -0.0983. The fourth-order valence-corrected chi connectivity index (χ4v) is 4.09. The maximum Gasteiger partial charge on any atom is 0.234 e. The number of hydrogen-bond acceptors (Lipinski definition) is 1. The highest BCUT2D eigenvalue weighted by Crippen LogP contribution is 2.36. The van der Waals surface area contributed by atoms with Gasteiger partial charge in [0, 0.05) is 13.1 Å². The molecule has 1 fully saturated rings. The van der Waals surface area contributed by atoms with Crippen molar-refractivity contribution >= 4 is 17.6 Å².